The van der Waals surface area contributed by atoms with Gasteiger partial charge in [0.1, 0.15) is 22.5 Å². The van der Waals surface area contributed by atoms with Crippen molar-refractivity contribution in [3.05, 3.63) is 16.7 Å². The van der Waals surface area contributed by atoms with Crippen LogP contribution in [-0.4, -0.2) is 29.8 Å². The summed E-state index contributed by atoms with van der Waals surface area (Å²) in [6.45, 7) is 2.36. The highest BCUT2D eigenvalue weighted by atomic mass is 35.5. The van der Waals surface area contributed by atoms with Crippen LogP contribution in [0.5, 0.6) is 0 Å². The zero-order valence-corrected chi connectivity index (χ0v) is 12.3. The van der Waals surface area contributed by atoms with Crippen molar-refractivity contribution in [3.8, 4) is 0 Å². The van der Waals surface area contributed by atoms with Crippen LogP contribution in [0.4, 0.5) is 5.82 Å². The van der Waals surface area contributed by atoms with E-state index in [9.17, 15) is 0 Å². The highest BCUT2D eigenvalue weighted by Gasteiger charge is 2.20. The lowest BCUT2D eigenvalue weighted by Gasteiger charge is -2.12. The van der Waals surface area contributed by atoms with Gasteiger partial charge in [0.15, 0.2) is 0 Å². The van der Waals surface area contributed by atoms with Crippen molar-refractivity contribution < 1.29 is 4.74 Å². The Hall–Kier alpha value is -0.910. The fraction of sp³-hybridized carbons (Fsp3) is 0.583. The minimum atomic E-state index is 0.322. The first-order valence-corrected chi connectivity index (χ1v) is 7.10. The Morgan fingerprint density at radius 3 is 3.05 bits per heavy atom. The number of ether oxygens (including phenoxy) is 1. The molecule has 1 aliphatic rings. The van der Waals surface area contributed by atoms with Crippen LogP contribution in [0, 0.1) is 5.92 Å². The first kappa shape index (κ1) is 14.5. The molecular formula is C12H18Cl2N4O. The molecule has 2 rings (SSSR count). The van der Waals surface area contributed by atoms with E-state index in [4.69, 9.17) is 33.7 Å². The molecule has 7 heteroatoms. The molecule has 3 N–H and O–H groups in total. The number of imidazole rings is 1. The Labute approximate surface area is 122 Å². The molecule has 0 saturated carbocycles. The summed E-state index contributed by atoms with van der Waals surface area (Å²) in [4.78, 5) is 4.42. The average molecular weight is 305 g/mol. The van der Waals surface area contributed by atoms with Crippen LogP contribution in [0.1, 0.15) is 17.9 Å². The summed E-state index contributed by atoms with van der Waals surface area (Å²) >= 11 is 11.9. The van der Waals surface area contributed by atoms with Crippen molar-refractivity contribution in [2.45, 2.75) is 18.8 Å². The Morgan fingerprint density at radius 1 is 1.68 bits per heavy atom. The van der Waals surface area contributed by atoms with Gasteiger partial charge in [-0.3, -0.25) is 0 Å². The third-order valence-electron chi connectivity index (χ3n) is 3.20. The lowest BCUT2D eigenvalue weighted by Crippen LogP contribution is -2.14. The Kier molecular flexibility index (Phi) is 4.96. The molecule has 2 heterocycles. The number of nitrogens with two attached hydrogens (primary N) is 1. The number of nitrogen functional groups attached to an aromatic ring is 1. The zero-order valence-electron chi connectivity index (χ0n) is 10.8. The van der Waals surface area contributed by atoms with E-state index in [1.807, 2.05) is 4.57 Å². The van der Waals surface area contributed by atoms with Gasteiger partial charge in [-0.1, -0.05) is 11.6 Å². The summed E-state index contributed by atoms with van der Waals surface area (Å²) in [5, 5.41) is 3.32. The summed E-state index contributed by atoms with van der Waals surface area (Å²) in [6.07, 6.45) is 2.75. The number of rotatable bonds is 5. The molecule has 0 radical (unpaired) electrons. The molecule has 0 aromatic carbocycles. The lowest BCUT2D eigenvalue weighted by molar-refractivity contribution is 0.182. The van der Waals surface area contributed by atoms with E-state index in [0.717, 1.165) is 32.0 Å². The second-order valence-electron chi connectivity index (χ2n) is 4.51. The molecule has 0 spiro atoms. The quantitative estimate of drug-likeness (QED) is 0.645. The first-order valence-electron chi connectivity index (χ1n) is 6.19. The van der Waals surface area contributed by atoms with E-state index in [-0.39, 0.29) is 0 Å². The van der Waals surface area contributed by atoms with Gasteiger partial charge in [-0.2, -0.15) is 0 Å². The van der Waals surface area contributed by atoms with Gasteiger partial charge in [0, 0.05) is 32.2 Å². The van der Waals surface area contributed by atoms with Gasteiger partial charge < -0.3 is 20.4 Å². The van der Waals surface area contributed by atoms with E-state index in [0.29, 0.717) is 28.5 Å². The molecule has 1 aromatic heterocycles. The van der Waals surface area contributed by atoms with Crippen LogP contribution >= 0.6 is 23.2 Å². The molecule has 106 valence electrons. The van der Waals surface area contributed by atoms with Crippen LogP contribution in [0.15, 0.2) is 5.16 Å². The summed E-state index contributed by atoms with van der Waals surface area (Å²) < 4.78 is 7.34. The van der Waals surface area contributed by atoms with Crippen LogP contribution in [0.25, 0.3) is 6.08 Å². The minimum absolute atomic E-state index is 0.322. The van der Waals surface area contributed by atoms with Crippen molar-refractivity contribution in [1.29, 1.82) is 0 Å². The van der Waals surface area contributed by atoms with Gasteiger partial charge in [0.2, 0.25) is 0 Å². The summed E-state index contributed by atoms with van der Waals surface area (Å²) in [7, 11) is 1.74. The highest BCUT2D eigenvalue weighted by molar-refractivity contribution is 6.31. The zero-order chi connectivity index (χ0) is 13.8. The number of alkyl halides is 1. The standard InChI is InChI=1S/C12H18Cl2N4O/c1-16-10(14)4-9-12(15)18(11(5-13)17-9)6-8-2-3-19-7-8/h4,8,16H,2-3,5-7,15H2,1H3/b10-4-/t8-/m1/s1. The van der Waals surface area contributed by atoms with Crippen molar-refractivity contribution in [2.24, 2.45) is 5.92 Å². The summed E-state index contributed by atoms with van der Waals surface area (Å²) in [5.41, 5.74) is 6.78. The molecule has 1 atom stereocenters. The molecule has 5 nitrogen and oxygen atoms in total. The molecule has 19 heavy (non-hydrogen) atoms. The maximum absolute atomic E-state index is 6.13. The van der Waals surface area contributed by atoms with Crippen molar-refractivity contribution in [2.75, 3.05) is 26.0 Å². The molecule has 0 bridgehead atoms. The van der Waals surface area contributed by atoms with Crippen LogP contribution < -0.4 is 11.1 Å². The predicted molar refractivity (Wildman–Crippen MR) is 78.0 cm³/mol. The molecule has 0 aliphatic carbocycles. The second-order valence-corrected chi connectivity index (χ2v) is 5.19. The number of halogens is 2. The largest absolute Gasteiger partial charge is 0.383 e. The van der Waals surface area contributed by atoms with Gasteiger partial charge in [0.25, 0.3) is 0 Å². The monoisotopic (exact) mass is 304 g/mol. The van der Waals surface area contributed by atoms with Crippen LogP contribution in [0.3, 0.4) is 0 Å². The number of anilines is 1. The van der Waals surface area contributed by atoms with Gasteiger partial charge in [-0.25, -0.2) is 4.98 Å². The minimum Gasteiger partial charge on any atom is -0.383 e. The topological polar surface area (TPSA) is 65.1 Å². The fourth-order valence-electron chi connectivity index (χ4n) is 2.12. The molecule has 1 aromatic rings. The molecule has 1 saturated heterocycles. The molecule has 0 amide bonds. The Balaban J connectivity index is 2.25. The third kappa shape index (κ3) is 3.35. The van der Waals surface area contributed by atoms with Gasteiger partial charge in [-0.05, 0) is 6.42 Å². The van der Waals surface area contributed by atoms with Crippen LogP contribution in [0.2, 0.25) is 0 Å². The smallest absolute Gasteiger partial charge is 0.131 e. The summed E-state index contributed by atoms with van der Waals surface area (Å²) in [6, 6.07) is 0. The van der Waals surface area contributed by atoms with E-state index >= 15 is 0 Å². The third-order valence-corrected chi connectivity index (χ3v) is 3.74. The maximum Gasteiger partial charge on any atom is 0.131 e. The number of nitrogens with zero attached hydrogens (tertiary/aromatic N) is 2. The number of nitrogens with one attached hydrogen (secondary N) is 1. The summed E-state index contributed by atoms with van der Waals surface area (Å²) in [5.74, 6) is 2.15. The van der Waals surface area contributed by atoms with Crippen molar-refractivity contribution in [3.63, 3.8) is 0 Å². The van der Waals surface area contributed by atoms with E-state index in [1.165, 1.54) is 0 Å². The second kappa shape index (κ2) is 6.50. The van der Waals surface area contributed by atoms with E-state index in [2.05, 4.69) is 10.3 Å². The molecule has 1 aliphatic heterocycles. The average Bonchev–Trinajstić information content (AvgIpc) is 3.01. The van der Waals surface area contributed by atoms with Crippen molar-refractivity contribution >= 4 is 35.1 Å². The van der Waals surface area contributed by atoms with E-state index < -0.39 is 0 Å². The van der Waals surface area contributed by atoms with Gasteiger partial charge in [-0.15, -0.1) is 11.6 Å². The highest BCUT2D eigenvalue weighted by Crippen LogP contribution is 2.23. The molecular weight excluding hydrogens is 287 g/mol. The maximum atomic E-state index is 6.13. The Bertz CT molecular complexity index is 467. The number of aromatic nitrogens is 2. The predicted octanol–water partition coefficient (Wildman–Crippen LogP) is 2.00. The number of hydrogen-bond acceptors (Lipinski definition) is 4. The lowest BCUT2D eigenvalue weighted by atomic mass is 10.1. The van der Waals surface area contributed by atoms with Gasteiger partial charge in [0.05, 0.1) is 12.5 Å². The SMILES string of the molecule is CN/C(Cl)=C\c1nc(CCl)n(C[C@H]2CCOC2)c1N. The molecule has 0 unspecified atom stereocenters. The van der Waals surface area contributed by atoms with Gasteiger partial charge >= 0.3 is 0 Å². The Morgan fingerprint density at radius 2 is 2.47 bits per heavy atom. The van der Waals surface area contributed by atoms with Crippen molar-refractivity contribution in [1.82, 2.24) is 14.9 Å². The fourth-order valence-corrected chi connectivity index (χ4v) is 2.43. The first-order chi connectivity index (χ1) is 9.15. The van der Waals surface area contributed by atoms with Crippen LogP contribution in [-0.2, 0) is 17.2 Å². The molecule has 1 fully saturated rings. The normalized spacial score (nSPS) is 19.9. The van der Waals surface area contributed by atoms with E-state index in [1.54, 1.807) is 13.1 Å². The number of hydrogen-bond donors (Lipinski definition) is 2.